The molecule has 2 heterocycles. The molecular weight excluding hydrogens is 594 g/mol. The molecule has 0 aliphatic carbocycles. The zero-order chi connectivity index (χ0) is 33.2. The molecule has 4 atom stereocenters. The molecule has 13 N–H and O–H groups in total. The van der Waals surface area contributed by atoms with Gasteiger partial charge in [0, 0.05) is 47.2 Å². The Kier molecular flexibility index (Phi) is 11.3. The van der Waals surface area contributed by atoms with Crippen LogP contribution in [0.5, 0.6) is 0 Å². The molecule has 0 fully saturated rings. The molecule has 0 aliphatic rings. The van der Waals surface area contributed by atoms with E-state index in [1.54, 1.807) is 12.4 Å². The van der Waals surface area contributed by atoms with Crippen LogP contribution in [0, 0.1) is 0 Å². The highest BCUT2D eigenvalue weighted by molar-refractivity contribution is 5.95. The highest BCUT2D eigenvalue weighted by Crippen LogP contribution is 2.21. The molecule has 46 heavy (non-hydrogen) atoms. The molecule has 0 saturated carbocycles. The lowest BCUT2D eigenvalue weighted by Gasteiger charge is -2.25. The van der Waals surface area contributed by atoms with E-state index in [9.17, 15) is 29.4 Å². The summed E-state index contributed by atoms with van der Waals surface area (Å²) in [5.74, 6) is -3.72. The normalized spacial score (nSPS) is 13.8. The van der Waals surface area contributed by atoms with Gasteiger partial charge in [0.2, 0.25) is 17.7 Å². The van der Waals surface area contributed by atoms with Crippen LogP contribution < -0.4 is 33.2 Å². The van der Waals surface area contributed by atoms with Crippen LogP contribution in [0.2, 0.25) is 0 Å². The number of para-hydroxylation sites is 2. The van der Waals surface area contributed by atoms with Gasteiger partial charge in [-0.3, -0.25) is 19.4 Å². The Balaban J connectivity index is 1.55. The molecular formula is C31H39N9O6. The van der Waals surface area contributed by atoms with E-state index in [-0.39, 0.29) is 38.2 Å². The maximum atomic E-state index is 13.8. The molecule has 4 rings (SSSR count). The van der Waals surface area contributed by atoms with Gasteiger partial charge in [-0.25, -0.2) is 4.79 Å². The number of hydrogen-bond donors (Lipinski definition) is 10. The fourth-order valence-electron chi connectivity index (χ4n) is 5.14. The SMILES string of the molecule is NC(N)=NCCCC(NC(=O)C(Cc1c[nH]c2ccccc12)NC(=O)C(N)Cc1c[nH]c2ccccc12)C(=O)NC(CO)C(=O)O. The van der Waals surface area contributed by atoms with E-state index in [0.29, 0.717) is 0 Å². The summed E-state index contributed by atoms with van der Waals surface area (Å²) in [6, 6.07) is 10.1. The summed E-state index contributed by atoms with van der Waals surface area (Å²) >= 11 is 0. The summed E-state index contributed by atoms with van der Waals surface area (Å²) < 4.78 is 0. The summed E-state index contributed by atoms with van der Waals surface area (Å²) in [4.78, 5) is 62.0. The lowest BCUT2D eigenvalue weighted by molar-refractivity contribution is -0.143. The van der Waals surface area contributed by atoms with Crippen molar-refractivity contribution in [2.24, 2.45) is 22.2 Å². The van der Waals surface area contributed by atoms with Crippen LogP contribution >= 0.6 is 0 Å². The summed E-state index contributed by atoms with van der Waals surface area (Å²) in [6.07, 6.45) is 4.06. The number of aliphatic hydroxyl groups is 1. The first-order chi connectivity index (χ1) is 22.1. The number of guanidine groups is 1. The number of benzene rings is 2. The van der Waals surface area contributed by atoms with Crippen LogP contribution in [-0.2, 0) is 32.0 Å². The van der Waals surface area contributed by atoms with Gasteiger partial charge in [0.25, 0.3) is 0 Å². The molecule has 2 aromatic heterocycles. The number of aliphatic carboxylic acids is 1. The number of aromatic nitrogens is 2. The Morgan fingerprint density at radius 2 is 1.28 bits per heavy atom. The molecule has 15 nitrogen and oxygen atoms in total. The standard InChI is InChI=1S/C31H39N9O6/c32-21(12-17-14-36-22-8-3-1-6-19(17)22)27(42)39-25(13-18-15-37-23-9-4-2-7-20(18)23)29(44)38-24(10-5-11-35-31(33)34)28(43)40-26(16-41)30(45)46/h1-4,6-9,14-15,21,24-26,36-37,41H,5,10-13,16,32H2,(H,38,44)(H,39,42)(H,40,43)(H,45,46)(H4,33,34,35). The first kappa shape index (κ1) is 33.5. The predicted octanol–water partition coefficient (Wildman–Crippen LogP) is -0.653. The number of carboxylic acid groups (broad SMARTS) is 1. The molecule has 0 bridgehead atoms. The molecule has 3 amide bonds. The fraction of sp³-hybridized carbons (Fsp3) is 0.323. The zero-order valence-corrected chi connectivity index (χ0v) is 25.0. The highest BCUT2D eigenvalue weighted by atomic mass is 16.4. The number of aliphatic imine (C=N–C) groups is 1. The summed E-state index contributed by atoms with van der Waals surface area (Å²) in [7, 11) is 0. The maximum absolute atomic E-state index is 13.8. The van der Waals surface area contributed by atoms with E-state index < -0.39 is 54.5 Å². The average molecular weight is 634 g/mol. The number of fused-ring (bicyclic) bond motifs is 2. The Morgan fingerprint density at radius 3 is 1.85 bits per heavy atom. The number of carbonyl (C=O) groups is 4. The molecule has 0 spiro atoms. The van der Waals surface area contributed by atoms with Crippen molar-refractivity contribution in [2.45, 2.75) is 49.9 Å². The molecule has 244 valence electrons. The largest absolute Gasteiger partial charge is 0.480 e. The van der Waals surface area contributed by atoms with Crippen LogP contribution in [0.25, 0.3) is 21.8 Å². The predicted molar refractivity (Wildman–Crippen MR) is 172 cm³/mol. The first-order valence-corrected chi connectivity index (χ1v) is 14.7. The molecule has 2 aromatic carbocycles. The number of nitrogens with zero attached hydrogens (tertiary/aromatic N) is 1. The number of carbonyl (C=O) groups excluding carboxylic acids is 3. The summed E-state index contributed by atoms with van der Waals surface area (Å²) in [5, 5.41) is 28.1. The Bertz CT molecular complexity index is 1710. The first-order valence-electron chi connectivity index (χ1n) is 14.7. The third-order valence-corrected chi connectivity index (χ3v) is 7.56. The van der Waals surface area contributed by atoms with Gasteiger partial charge >= 0.3 is 5.97 Å². The van der Waals surface area contributed by atoms with E-state index in [2.05, 4.69) is 30.9 Å². The van der Waals surface area contributed by atoms with Crippen LogP contribution in [0.1, 0.15) is 24.0 Å². The number of nitrogens with one attached hydrogen (secondary N) is 5. The van der Waals surface area contributed by atoms with Gasteiger partial charge < -0.3 is 53.3 Å². The number of amides is 3. The molecule has 0 saturated heterocycles. The zero-order valence-electron chi connectivity index (χ0n) is 25.0. The van der Waals surface area contributed by atoms with Crippen LogP contribution in [-0.4, -0.2) is 87.2 Å². The number of aromatic amines is 2. The van der Waals surface area contributed by atoms with Crippen LogP contribution in [0.15, 0.2) is 65.9 Å². The summed E-state index contributed by atoms with van der Waals surface area (Å²) in [5.41, 5.74) is 20.4. The third-order valence-electron chi connectivity index (χ3n) is 7.56. The highest BCUT2D eigenvalue weighted by Gasteiger charge is 2.31. The van der Waals surface area contributed by atoms with E-state index in [4.69, 9.17) is 17.2 Å². The molecule has 4 aromatic rings. The Morgan fingerprint density at radius 1 is 0.761 bits per heavy atom. The lowest BCUT2D eigenvalue weighted by atomic mass is 10.0. The van der Waals surface area contributed by atoms with Crippen molar-refractivity contribution in [1.29, 1.82) is 0 Å². The smallest absolute Gasteiger partial charge is 0.328 e. The number of hydrogen-bond acceptors (Lipinski definition) is 7. The molecule has 0 radical (unpaired) electrons. The maximum Gasteiger partial charge on any atom is 0.328 e. The van der Waals surface area contributed by atoms with Crippen molar-refractivity contribution in [3.8, 4) is 0 Å². The van der Waals surface area contributed by atoms with Gasteiger partial charge in [0.05, 0.1) is 12.6 Å². The minimum atomic E-state index is -1.59. The minimum Gasteiger partial charge on any atom is -0.480 e. The number of H-pyrrole nitrogens is 2. The number of nitrogens with two attached hydrogens (primary N) is 3. The second kappa shape index (κ2) is 15.5. The van der Waals surface area contributed by atoms with Crippen molar-refractivity contribution in [1.82, 2.24) is 25.9 Å². The number of aliphatic hydroxyl groups excluding tert-OH is 1. The van der Waals surface area contributed by atoms with Crippen molar-refractivity contribution in [3.05, 3.63) is 72.1 Å². The Labute approximate surface area is 264 Å². The van der Waals surface area contributed by atoms with Crippen molar-refractivity contribution in [2.75, 3.05) is 13.2 Å². The van der Waals surface area contributed by atoms with E-state index >= 15 is 0 Å². The lowest BCUT2D eigenvalue weighted by Crippen LogP contribution is -2.58. The second-order valence-corrected chi connectivity index (χ2v) is 10.9. The minimum absolute atomic E-state index is 0.0277. The second-order valence-electron chi connectivity index (χ2n) is 10.9. The topological polar surface area (TPSA) is 267 Å². The van der Waals surface area contributed by atoms with Crippen molar-refractivity contribution >= 4 is 51.5 Å². The monoisotopic (exact) mass is 633 g/mol. The molecule has 15 heteroatoms. The van der Waals surface area contributed by atoms with Gasteiger partial charge in [-0.2, -0.15) is 0 Å². The van der Waals surface area contributed by atoms with E-state index in [0.717, 1.165) is 32.9 Å². The molecule has 4 unspecified atom stereocenters. The van der Waals surface area contributed by atoms with Gasteiger partial charge in [-0.05, 0) is 42.5 Å². The molecule has 0 aliphatic heterocycles. The number of carboxylic acids is 1. The average Bonchev–Trinajstić information content (AvgIpc) is 3.64. The van der Waals surface area contributed by atoms with Crippen LogP contribution in [0.4, 0.5) is 0 Å². The number of rotatable bonds is 16. The third kappa shape index (κ3) is 8.61. The van der Waals surface area contributed by atoms with Gasteiger partial charge in [0.1, 0.15) is 18.1 Å². The van der Waals surface area contributed by atoms with Crippen LogP contribution in [0.3, 0.4) is 0 Å². The van der Waals surface area contributed by atoms with Crippen molar-refractivity contribution in [3.63, 3.8) is 0 Å². The van der Waals surface area contributed by atoms with E-state index in [1.165, 1.54) is 0 Å². The van der Waals surface area contributed by atoms with Gasteiger partial charge in [-0.15, -0.1) is 0 Å². The van der Waals surface area contributed by atoms with Gasteiger partial charge in [0.15, 0.2) is 5.96 Å². The fourth-order valence-corrected chi connectivity index (χ4v) is 5.14. The van der Waals surface area contributed by atoms with Crippen molar-refractivity contribution < 1.29 is 29.4 Å². The Hall–Kier alpha value is -5.41. The van der Waals surface area contributed by atoms with Gasteiger partial charge in [-0.1, -0.05) is 36.4 Å². The van der Waals surface area contributed by atoms with E-state index in [1.807, 2.05) is 48.5 Å². The quantitative estimate of drug-likeness (QED) is 0.0426. The summed E-state index contributed by atoms with van der Waals surface area (Å²) in [6.45, 7) is -0.716.